The summed E-state index contributed by atoms with van der Waals surface area (Å²) in [7, 11) is 1.59. The largest absolute Gasteiger partial charge is 0.332 e. The topological polar surface area (TPSA) is 78.5 Å². The molecule has 1 aliphatic carbocycles. The van der Waals surface area contributed by atoms with Crippen molar-refractivity contribution < 1.29 is 14.4 Å². The molecule has 0 unspecified atom stereocenters. The predicted octanol–water partition coefficient (Wildman–Crippen LogP) is 4.64. The highest BCUT2D eigenvalue weighted by atomic mass is 32.2. The first kappa shape index (κ1) is 22.9. The maximum Gasteiger partial charge on any atom is 0.254 e. The lowest BCUT2D eigenvalue weighted by Crippen LogP contribution is -2.35. The van der Waals surface area contributed by atoms with Crippen LogP contribution in [-0.4, -0.2) is 42.5 Å². The van der Waals surface area contributed by atoms with Gasteiger partial charge in [-0.1, -0.05) is 37.5 Å². The summed E-state index contributed by atoms with van der Waals surface area (Å²) in [4.78, 5) is 40.1. The minimum absolute atomic E-state index is 0.0180. The zero-order chi connectivity index (χ0) is 22.2. The highest BCUT2D eigenvalue weighted by Crippen LogP contribution is 2.26. The van der Waals surface area contributed by atoms with Gasteiger partial charge in [0, 0.05) is 29.1 Å². The molecule has 31 heavy (non-hydrogen) atoms. The predicted molar refractivity (Wildman–Crippen MR) is 125 cm³/mol. The van der Waals surface area contributed by atoms with Crippen molar-refractivity contribution in [3.63, 3.8) is 0 Å². The summed E-state index contributed by atoms with van der Waals surface area (Å²) < 4.78 is 0. The van der Waals surface area contributed by atoms with Gasteiger partial charge in [-0.2, -0.15) is 0 Å². The molecule has 1 saturated carbocycles. The maximum atomic E-state index is 12.8. The molecule has 0 saturated heterocycles. The van der Waals surface area contributed by atoms with Crippen LogP contribution in [0.5, 0.6) is 0 Å². The second-order valence-electron chi connectivity index (χ2n) is 7.81. The fraction of sp³-hybridized carbons (Fsp3) is 0.375. The smallest absolute Gasteiger partial charge is 0.254 e. The first-order chi connectivity index (χ1) is 15.0. The molecular weight excluding hydrogens is 410 g/mol. The van der Waals surface area contributed by atoms with Gasteiger partial charge in [0.2, 0.25) is 11.8 Å². The third-order valence-corrected chi connectivity index (χ3v) is 6.26. The van der Waals surface area contributed by atoms with E-state index in [2.05, 4.69) is 10.6 Å². The highest BCUT2D eigenvalue weighted by molar-refractivity contribution is 7.98. The van der Waals surface area contributed by atoms with E-state index in [1.165, 1.54) is 11.3 Å². The quantitative estimate of drug-likeness (QED) is 0.616. The number of amides is 3. The van der Waals surface area contributed by atoms with Crippen LogP contribution in [0.2, 0.25) is 0 Å². The molecule has 1 aliphatic rings. The Labute approximate surface area is 187 Å². The number of carbonyl (C=O) groups is 3. The Morgan fingerprint density at radius 2 is 1.74 bits per heavy atom. The summed E-state index contributed by atoms with van der Waals surface area (Å²) in [6.07, 6.45) is 7.15. The van der Waals surface area contributed by atoms with Crippen LogP contribution >= 0.6 is 11.8 Å². The van der Waals surface area contributed by atoms with Gasteiger partial charge in [0.25, 0.3) is 5.91 Å². The Morgan fingerprint density at radius 3 is 2.48 bits per heavy atom. The van der Waals surface area contributed by atoms with E-state index in [1.807, 2.05) is 30.5 Å². The summed E-state index contributed by atoms with van der Waals surface area (Å²) in [6, 6.07) is 14.4. The number of hydrogen-bond acceptors (Lipinski definition) is 4. The fourth-order valence-electron chi connectivity index (χ4n) is 3.78. The SMILES string of the molecule is CSc1ccccc1NC(=O)CN(C)C(=O)c1cccc(NC(=O)C2CCCCC2)c1. The number of nitrogens with one attached hydrogen (secondary N) is 2. The van der Waals surface area contributed by atoms with Gasteiger partial charge in [-0.05, 0) is 49.4 Å². The summed E-state index contributed by atoms with van der Waals surface area (Å²) in [5, 5.41) is 5.80. The van der Waals surface area contributed by atoms with E-state index in [9.17, 15) is 14.4 Å². The number of hydrogen-bond donors (Lipinski definition) is 2. The molecule has 2 aromatic rings. The fourth-order valence-corrected chi connectivity index (χ4v) is 4.34. The highest BCUT2D eigenvalue weighted by Gasteiger charge is 2.22. The standard InChI is InChI=1S/C24H29N3O3S/c1-27(16-22(28)26-20-13-6-7-14-21(20)31-2)24(30)18-11-8-12-19(15-18)25-23(29)17-9-4-3-5-10-17/h6-8,11-15,17H,3-5,9-10,16H2,1-2H3,(H,25,29)(H,26,28). The minimum Gasteiger partial charge on any atom is -0.332 e. The molecule has 0 aliphatic heterocycles. The van der Waals surface area contributed by atoms with E-state index in [0.29, 0.717) is 11.3 Å². The first-order valence-electron chi connectivity index (χ1n) is 10.6. The number of thioether (sulfide) groups is 1. The Bertz CT molecular complexity index is 941. The summed E-state index contributed by atoms with van der Waals surface area (Å²) >= 11 is 1.55. The first-order valence-corrected chi connectivity index (χ1v) is 11.8. The van der Waals surface area contributed by atoms with Crippen LogP contribution in [0, 0.1) is 5.92 Å². The molecule has 1 fully saturated rings. The van der Waals surface area contributed by atoms with Gasteiger partial charge < -0.3 is 15.5 Å². The van der Waals surface area contributed by atoms with E-state index in [-0.39, 0.29) is 30.2 Å². The molecule has 0 aromatic heterocycles. The average molecular weight is 440 g/mol. The molecule has 2 N–H and O–H groups in total. The van der Waals surface area contributed by atoms with E-state index in [0.717, 1.165) is 36.3 Å². The molecule has 0 heterocycles. The number of carbonyl (C=O) groups excluding carboxylic acids is 3. The second kappa shape index (κ2) is 11.0. The molecule has 2 aromatic carbocycles. The summed E-state index contributed by atoms with van der Waals surface area (Å²) in [5.74, 6) is -0.477. The molecule has 0 atom stereocenters. The van der Waals surface area contributed by atoms with E-state index in [1.54, 1.807) is 43.1 Å². The maximum absolute atomic E-state index is 12.8. The van der Waals surface area contributed by atoms with Crippen molar-refractivity contribution in [2.24, 2.45) is 5.92 Å². The zero-order valence-electron chi connectivity index (χ0n) is 18.0. The van der Waals surface area contributed by atoms with Crippen molar-refractivity contribution in [3.05, 3.63) is 54.1 Å². The molecule has 0 spiro atoms. The summed E-state index contributed by atoms with van der Waals surface area (Å²) in [5.41, 5.74) is 1.77. The van der Waals surface area contributed by atoms with Crippen LogP contribution in [0.1, 0.15) is 42.5 Å². The molecule has 3 rings (SSSR count). The molecule has 7 heteroatoms. The number of likely N-dealkylation sites (N-methyl/N-ethyl adjacent to an activating group) is 1. The number of rotatable bonds is 7. The lowest BCUT2D eigenvalue weighted by atomic mass is 9.88. The van der Waals surface area contributed by atoms with Crippen LogP contribution in [0.25, 0.3) is 0 Å². The third-order valence-electron chi connectivity index (χ3n) is 5.46. The van der Waals surface area contributed by atoms with Gasteiger partial charge in [0.1, 0.15) is 0 Å². The van der Waals surface area contributed by atoms with E-state index >= 15 is 0 Å². The molecule has 6 nitrogen and oxygen atoms in total. The van der Waals surface area contributed by atoms with Gasteiger partial charge >= 0.3 is 0 Å². The molecular formula is C24H29N3O3S. The van der Waals surface area contributed by atoms with Gasteiger partial charge in [-0.3, -0.25) is 14.4 Å². The van der Waals surface area contributed by atoms with Gasteiger partial charge in [0.05, 0.1) is 12.2 Å². The van der Waals surface area contributed by atoms with Gasteiger partial charge in [-0.15, -0.1) is 11.8 Å². The molecule has 0 radical (unpaired) electrons. The van der Waals surface area contributed by atoms with Crippen molar-refractivity contribution in [1.29, 1.82) is 0 Å². The van der Waals surface area contributed by atoms with Crippen molar-refractivity contribution in [3.8, 4) is 0 Å². The van der Waals surface area contributed by atoms with Crippen molar-refractivity contribution >= 4 is 40.9 Å². The monoisotopic (exact) mass is 439 g/mol. The molecule has 164 valence electrons. The summed E-state index contributed by atoms with van der Waals surface area (Å²) in [6.45, 7) is -0.0692. The number of para-hydroxylation sites is 1. The normalized spacial score (nSPS) is 14.0. The van der Waals surface area contributed by atoms with Crippen molar-refractivity contribution in [2.45, 2.75) is 37.0 Å². The number of benzene rings is 2. The van der Waals surface area contributed by atoms with Crippen LogP contribution in [0.15, 0.2) is 53.4 Å². The van der Waals surface area contributed by atoms with Crippen molar-refractivity contribution in [1.82, 2.24) is 4.90 Å². The Kier molecular flexibility index (Phi) is 8.12. The Hall–Kier alpha value is -2.80. The lowest BCUT2D eigenvalue weighted by Gasteiger charge is -2.21. The lowest BCUT2D eigenvalue weighted by molar-refractivity contribution is -0.120. The van der Waals surface area contributed by atoms with E-state index in [4.69, 9.17) is 0 Å². The van der Waals surface area contributed by atoms with Crippen LogP contribution in [-0.2, 0) is 9.59 Å². The molecule has 0 bridgehead atoms. The Balaban J connectivity index is 1.59. The number of anilines is 2. The number of nitrogens with zero attached hydrogens (tertiary/aromatic N) is 1. The third kappa shape index (κ3) is 6.34. The van der Waals surface area contributed by atoms with Crippen LogP contribution in [0.3, 0.4) is 0 Å². The second-order valence-corrected chi connectivity index (χ2v) is 8.66. The van der Waals surface area contributed by atoms with Crippen molar-refractivity contribution in [2.75, 3.05) is 30.5 Å². The van der Waals surface area contributed by atoms with Gasteiger partial charge in [-0.25, -0.2) is 0 Å². The Morgan fingerprint density at radius 1 is 1.00 bits per heavy atom. The van der Waals surface area contributed by atoms with Crippen LogP contribution < -0.4 is 10.6 Å². The zero-order valence-corrected chi connectivity index (χ0v) is 18.8. The van der Waals surface area contributed by atoms with E-state index < -0.39 is 0 Å². The minimum atomic E-state index is -0.276. The van der Waals surface area contributed by atoms with Crippen LogP contribution in [0.4, 0.5) is 11.4 Å². The average Bonchev–Trinajstić information content (AvgIpc) is 2.79. The molecule has 3 amide bonds. The van der Waals surface area contributed by atoms with Gasteiger partial charge in [0.15, 0.2) is 0 Å².